The third-order valence-electron chi connectivity index (χ3n) is 5.66. The van der Waals surface area contributed by atoms with Gasteiger partial charge in [0.25, 0.3) is 11.8 Å². The summed E-state index contributed by atoms with van der Waals surface area (Å²) in [5.74, 6) is -0.326. The topological polar surface area (TPSA) is 124 Å². The van der Waals surface area contributed by atoms with Crippen LogP contribution in [0.25, 0.3) is 0 Å². The Hall–Kier alpha value is -2.75. The van der Waals surface area contributed by atoms with Crippen molar-refractivity contribution in [2.45, 2.75) is 35.9 Å². The highest BCUT2D eigenvalue weighted by atomic mass is 32.2. The van der Waals surface area contributed by atoms with Gasteiger partial charge in [-0.2, -0.15) is 0 Å². The van der Waals surface area contributed by atoms with Gasteiger partial charge in [0.15, 0.2) is 0 Å². The van der Waals surface area contributed by atoms with E-state index in [9.17, 15) is 18.0 Å². The number of nitrogens with one attached hydrogen (secondary N) is 1. The average molecular weight is 428 g/mol. The summed E-state index contributed by atoms with van der Waals surface area (Å²) >= 11 is 0. The van der Waals surface area contributed by atoms with Gasteiger partial charge in [-0.1, -0.05) is 30.3 Å². The highest BCUT2D eigenvalue weighted by Crippen LogP contribution is 2.27. The minimum absolute atomic E-state index is 0.0337. The zero-order valence-electron chi connectivity index (χ0n) is 16.3. The van der Waals surface area contributed by atoms with Crippen LogP contribution in [-0.4, -0.2) is 49.9 Å². The molecule has 1 unspecified atom stereocenters. The van der Waals surface area contributed by atoms with Crippen molar-refractivity contribution < 1.29 is 18.0 Å². The van der Waals surface area contributed by atoms with Crippen LogP contribution in [0.15, 0.2) is 59.5 Å². The van der Waals surface area contributed by atoms with Crippen molar-refractivity contribution in [2.24, 2.45) is 5.14 Å². The van der Waals surface area contributed by atoms with Gasteiger partial charge in [0.1, 0.15) is 5.66 Å². The van der Waals surface area contributed by atoms with Crippen LogP contribution in [0.5, 0.6) is 0 Å². The number of carbonyl (C=O) groups excluding carboxylic acids is 2. The molecule has 0 bridgehead atoms. The smallest absolute Gasteiger partial charge is 0.260 e. The summed E-state index contributed by atoms with van der Waals surface area (Å²) in [6, 6.07) is 15.0. The van der Waals surface area contributed by atoms with E-state index in [1.54, 1.807) is 4.90 Å². The van der Waals surface area contributed by atoms with E-state index in [4.69, 9.17) is 5.14 Å². The number of benzene rings is 2. The van der Waals surface area contributed by atoms with E-state index in [1.165, 1.54) is 24.3 Å². The second-order valence-electron chi connectivity index (χ2n) is 7.73. The van der Waals surface area contributed by atoms with Gasteiger partial charge in [0.2, 0.25) is 10.0 Å². The summed E-state index contributed by atoms with van der Waals surface area (Å²) in [6.45, 7) is 0.912. The molecule has 2 aliphatic heterocycles. The third kappa shape index (κ3) is 4.23. The number of piperidine rings is 1. The van der Waals surface area contributed by atoms with E-state index in [-0.39, 0.29) is 22.8 Å². The first kappa shape index (κ1) is 20.5. The molecule has 4 rings (SSSR count). The van der Waals surface area contributed by atoms with Gasteiger partial charge in [-0.3, -0.25) is 14.9 Å². The van der Waals surface area contributed by atoms with Crippen LogP contribution in [0.4, 0.5) is 0 Å². The lowest BCUT2D eigenvalue weighted by Gasteiger charge is -2.38. The van der Waals surface area contributed by atoms with Crippen LogP contribution in [0, 0.1) is 0 Å². The standard InChI is InChI=1S/C21H23N4O4S/c22-30(28,29)17-8-6-16(7-9-17)20(27)25-12-10-21(11-13-25)23-18(19(26)24-21)14-15-4-2-1-3-5-15/h1-9,18,23H,10-14H2,(H2,22,28,29). The monoisotopic (exact) mass is 427 g/mol. The minimum atomic E-state index is -3.80. The lowest BCUT2D eigenvalue weighted by molar-refractivity contribution is -0.121. The lowest BCUT2D eigenvalue weighted by atomic mass is 9.96. The van der Waals surface area contributed by atoms with Crippen molar-refractivity contribution in [1.29, 1.82) is 0 Å². The zero-order valence-corrected chi connectivity index (χ0v) is 17.1. The summed E-state index contributed by atoms with van der Waals surface area (Å²) in [6.07, 6.45) is 1.68. The molecule has 2 heterocycles. The molecule has 9 heteroatoms. The zero-order chi connectivity index (χ0) is 21.4. The van der Waals surface area contributed by atoms with Crippen LogP contribution in [0.1, 0.15) is 28.8 Å². The molecule has 0 aliphatic carbocycles. The Kier molecular flexibility index (Phi) is 5.35. The Labute approximate surface area is 175 Å². The van der Waals surface area contributed by atoms with Gasteiger partial charge in [0.05, 0.1) is 10.9 Å². The average Bonchev–Trinajstić information content (AvgIpc) is 3.03. The molecule has 157 valence electrons. The van der Waals surface area contributed by atoms with E-state index >= 15 is 0 Å². The van der Waals surface area contributed by atoms with E-state index in [0.717, 1.165) is 5.56 Å². The van der Waals surface area contributed by atoms with Gasteiger partial charge in [-0.25, -0.2) is 18.9 Å². The number of nitrogens with two attached hydrogens (primary N) is 1. The van der Waals surface area contributed by atoms with Gasteiger partial charge in [0, 0.05) is 31.5 Å². The molecule has 1 spiro atoms. The molecule has 2 amide bonds. The molecule has 3 N–H and O–H groups in total. The molecule has 2 fully saturated rings. The van der Waals surface area contributed by atoms with Crippen molar-refractivity contribution in [3.63, 3.8) is 0 Å². The van der Waals surface area contributed by atoms with Crippen molar-refractivity contribution in [3.8, 4) is 0 Å². The summed E-state index contributed by atoms with van der Waals surface area (Å²) in [7, 11) is -3.80. The van der Waals surface area contributed by atoms with Crippen LogP contribution < -0.4 is 15.8 Å². The number of sulfonamides is 1. The Morgan fingerprint density at radius 3 is 2.33 bits per heavy atom. The number of amides is 2. The maximum atomic E-state index is 12.8. The molecule has 0 aromatic heterocycles. The fourth-order valence-corrected chi connectivity index (χ4v) is 4.52. The molecule has 8 nitrogen and oxygen atoms in total. The first-order chi connectivity index (χ1) is 14.3. The molecule has 2 aromatic rings. The normalized spacial score (nSPS) is 20.9. The Morgan fingerprint density at radius 1 is 1.10 bits per heavy atom. The molecule has 1 atom stereocenters. The van der Waals surface area contributed by atoms with Crippen molar-refractivity contribution in [1.82, 2.24) is 15.5 Å². The predicted molar refractivity (Wildman–Crippen MR) is 110 cm³/mol. The van der Waals surface area contributed by atoms with Crippen LogP contribution in [0.3, 0.4) is 0 Å². The molecule has 30 heavy (non-hydrogen) atoms. The van der Waals surface area contributed by atoms with Gasteiger partial charge in [-0.15, -0.1) is 0 Å². The number of nitrogens with zero attached hydrogens (tertiary/aromatic N) is 2. The fraction of sp³-hybridized carbons (Fsp3) is 0.333. The summed E-state index contributed by atoms with van der Waals surface area (Å²) in [5.41, 5.74) is 0.851. The number of rotatable bonds is 4. The third-order valence-corrected chi connectivity index (χ3v) is 6.58. The van der Waals surface area contributed by atoms with Crippen LogP contribution in [0.2, 0.25) is 0 Å². The molecule has 0 saturated carbocycles. The van der Waals surface area contributed by atoms with E-state index in [1.807, 2.05) is 30.3 Å². The maximum Gasteiger partial charge on any atom is 0.260 e. The Morgan fingerprint density at radius 2 is 1.73 bits per heavy atom. The van der Waals surface area contributed by atoms with Crippen LogP contribution in [-0.2, 0) is 21.2 Å². The van der Waals surface area contributed by atoms with E-state index < -0.39 is 15.7 Å². The second kappa shape index (κ2) is 7.82. The molecule has 1 radical (unpaired) electrons. The maximum absolute atomic E-state index is 12.8. The molecule has 2 aliphatic rings. The molecule has 2 saturated heterocycles. The summed E-state index contributed by atoms with van der Waals surface area (Å²) in [4.78, 5) is 26.9. The predicted octanol–water partition coefficient (Wildman–Crippen LogP) is 0.612. The second-order valence-corrected chi connectivity index (χ2v) is 9.29. The number of primary sulfonamides is 1. The molecular weight excluding hydrogens is 404 g/mol. The fourth-order valence-electron chi connectivity index (χ4n) is 4.00. The Bertz CT molecular complexity index is 1050. The highest BCUT2D eigenvalue weighted by molar-refractivity contribution is 7.89. The van der Waals surface area contributed by atoms with Gasteiger partial charge in [-0.05, 0) is 36.2 Å². The largest absolute Gasteiger partial charge is 0.338 e. The molecular formula is C21H23N4O4S. The number of carbonyl (C=O) groups is 2. The molecule has 2 aromatic carbocycles. The first-order valence-corrected chi connectivity index (χ1v) is 11.3. The van der Waals surface area contributed by atoms with E-state index in [0.29, 0.717) is 37.9 Å². The highest BCUT2D eigenvalue weighted by Gasteiger charge is 2.47. The number of hydrogen-bond donors (Lipinski definition) is 2. The van der Waals surface area contributed by atoms with Crippen LogP contribution >= 0.6 is 0 Å². The van der Waals surface area contributed by atoms with Crippen molar-refractivity contribution >= 4 is 21.8 Å². The van der Waals surface area contributed by atoms with Gasteiger partial charge < -0.3 is 4.90 Å². The SMILES string of the molecule is NS(=O)(=O)c1ccc(C(=O)N2CCC3(CC2)[N]C(=O)C(Cc2ccccc2)N3)cc1. The van der Waals surface area contributed by atoms with Crippen molar-refractivity contribution in [3.05, 3.63) is 65.7 Å². The lowest BCUT2D eigenvalue weighted by Crippen LogP contribution is -2.56. The first-order valence-electron chi connectivity index (χ1n) is 9.76. The summed E-state index contributed by atoms with van der Waals surface area (Å²) < 4.78 is 22.7. The summed E-state index contributed by atoms with van der Waals surface area (Å²) in [5, 5.41) is 12.9. The minimum Gasteiger partial charge on any atom is -0.338 e. The number of hydrogen-bond acceptors (Lipinski definition) is 5. The van der Waals surface area contributed by atoms with E-state index in [2.05, 4.69) is 10.6 Å². The van der Waals surface area contributed by atoms with Crippen molar-refractivity contribution in [2.75, 3.05) is 13.1 Å². The van der Waals surface area contributed by atoms with Gasteiger partial charge >= 0.3 is 0 Å². The Balaban J connectivity index is 1.37. The number of likely N-dealkylation sites (tertiary alicyclic amines) is 1. The quantitative estimate of drug-likeness (QED) is 0.740.